The Bertz CT molecular complexity index is 648. The van der Waals surface area contributed by atoms with E-state index in [1.165, 1.54) is 12.1 Å². The zero-order valence-electron chi connectivity index (χ0n) is 9.49. The predicted molar refractivity (Wildman–Crippen MR) is 64.3 cm³/mol. The van der Waals surface area contributed by atoms with Gasteiger partial charge in [0.2, 0.25) is 5.96 Å². The molecule has 1 aliphatic rings. The van der Waals surface area contributed by atoms with Gasteiger partial charge in [-0.25, -0.2) is 9.79 Å². The zero-order chi connectivity index (χ0) is 14.0. The molecule has 1 heterocycles. The van der Waals surface area contributed by atoms with Crippen LogP contribution < -0.4 is 5.32 Å². The summed E-state index contributed by atoms with van der Waals surface area (Å²) in [6, 6.07) is 3.71. The average molecular weight is 260 g/mol. The molecule has 0 unspecified atom stereocenters. The first-order valence-corrected chi connectivity index (χ1v) is 5.04. The molecule has 0 saturated heterocycles. The largest absolute Gasteiger partial charge is 0.507 e. The van der Waals surface area contributed by atoms with E-state index < -0.39 is 11.9 Å². The lowest BCUT2D eigenvalue weighted by molar-refractivity contribution is -0.116. The Kier molecular flexibility index (Phi) is 3.06. The monoisotopic (exact) mass is 260 g/mol. The number of benzene rings is 1. The van der Waals surface area contributed by atoms with Crippen LogP contribution in [-0.2, 0) is 4.79 Å². The van der Waals surface area contributed by atoms with Gasteiger partial charge in [0.1, 0.15) is 17.0 Å². The molecular formula is C11H8N4O4. The van der Waals surface area contributed by atoms with E-state index in [4.69, 9.17) is 5.11 Å². The average Bonchev–Trinajstić information content (AvgIpc) is 2.36. The van der Waals surface area contributed by atoms with E-state index >= 15 is 0 Å². The van der Waals surface area contributed by atoms with E-state index in [1.807, 2.05) is 0 Å². The number of aliphatic imine (C=N–C) groups is 1. The van der Waals surface area contributed by atoms with Crippen LogP contribution in [-0.4, -0.2) is 28.0 Å². The van der Waals surface area contributed by atoms with Gasteiger partial charge < -0.3 is 10.2 Å². The van der Waals surface area contributed by atoms with Gasteiger partial charge in [-0.3, -0.25) is 10.1 Å². The van der Waals surface area contributed by atoms with Crippen LogP contribution in [0.25, 0.3) is 0 Å². The lowest BCUT2D eigenvalue weighted by atomic mass is 10.2. The van der Waals surface area contributed by atoms with Gasteiger partial charge in [0.05, 0.1) is 5.69 Å². The van der Waals surface area contributed by atoms with E-state index in [2.05, 4.69) is 27.1 Å². The summed E-state index contributed by atoms with van der Waals surface area (Å²) in [6.45, 7) is 3.35. The number of hydrogen-bond acceptors (Lipinski definition) is 5. The van der Waals surface area contributed by atoms with Crippen LogP contribution in [0.3, 0.4) is 0 Å². The highest BCUT2D eigenvalue weighted by Crippen LogP contribution is 2.23. The highest BCUT2D eigenvalue weighted by atomic mass is 16.4. The highest BCUT2D eigenvalue weighted by molar-refractivity contribution is 6.07. The maximum Gasteiger partial charge on any atom is 0.339 e. The van der Waals surface area contributed by atoms with Crippen molar-refractivity contribution in [2.75, 3.05) is 0 Å². The zero-order valence-corrected chi connectivity index (χ0v) is 9.49. The number of aromatic hydroxyl groups is 1. The number of aromatic carboxylic acids is 1. The Balaban J connectivity index is 2.36. The molecule has 8 heteroatoms. The first-order chi connectivity index (χ1) is 8.97. The van der Waals surface area contributed by atoms with Gasteiger partial charge in [0.25, 0.3) is 5.91 Å². The molecule has 8 nitrogen and oxygen atoms in total. The minimum absolute atomic E-state index is 0.0455. The Morgan fingerprint density at radius 2 is 2.11 bits per heavy atom. The molecule has 1 aromatic carbocycles. The van der Waals surface area contributed by atoms with E-state index in [1.54, 1.807) is 0 Å². The van der Waals surface area contributed by atoms with Crippen molar-refractivity contribution in [1.29, 1.82) is 0 Å². The van der Waals surface area contributed by atoms with E-state index in [0.29, 0.717) is 0 Å². The topological polar surface area (TPSA) is 124 Å². The highest BCUT2D eigenvalue weighted by Gasteiger charge is 2.15. The molecule has 19 heavy (non-hydrogen) atoms. The fourth-order valence-corrected chi connectivity index (χ4v) is 1.29. The lowest BCUT2D eigenvalue weighted by Gasteiger charge is -2.08. The Hall–Kier alpha value is -3.03. The summed E-state index contributed by atoms with van der Waals surface area (Å²) < 4.78 is 0. The third-order valence-electron chi connectivity index (χ3n) is 2.20. The molecule has 1 amide bonds. The van der Waals surface area contributed by atoms with Crippen LogP contribution in [0.5, 0.6) is 5.75 Å². The lowest BCUT2D eigenvalue weighted by Crippen LogP contribution is -2.32. The van der Waals surface area contributed by atoms with Gasteiger partial charge in [-0.1, -0.05) is 6.58 Å². The molecule has 96 valence electrons. The molecule has 0 aromatic heterocycles. The number of rotatable bonds is 2. The first-order valence-electron chi connectivity index (χ1n) is 5.04. The third-order valence-corrected chi connectivity index (χ3v) is 2.20. The molecule has 0 radical (unpaired) electrons. The number of phenols is 1. The van der Waals surface area contributed by atoms with Crippen LogP contribution in [0.15, 0.2) is 45.7 Å². The first kappa shape index (κ1) is 12.4. The van der Waals surface area contributed by atoms with Crippen molar-refractivity contribution in [3.05, 3.63) is 36.0 Å². The quantitative estimate of drug-likeness (QED) is 0.690. The minimum Gasteiger partial charge on any atom is -0.507 e. The van der Waals surface area contributed by atoms with E-state index in [0.717, 1.165) is 6.07 Å². The van der Waals surface area contributed by atoms with Gasteiger partial charge in [-0.15, -0.1) is 10.2 Å². The number of carboxylic acid groups (broad SMARTS) is 1. The molecule has 3 N–H and O–H groups in total. The number of nitrogens with zero attached hydrogens (tertiary/aromatic N) is 3. The van der Waals surface area contributed by atoms with Crippen LogP contribution in [0.2, 0.25) is 0 Å². The summed E-state index contributed by atoms with van der Waals surface area (Å²) in [5.41, 5.74) is -0.141. The molecule has 0 atom stereocenters. The van der Waals surface area contributed by atoms with Gasteiger partial charge >= 0.3 is 5.97 Å². The van der Waals surface area contributed by atoms with E-state index in [-0.39, 0.29) is 28.7 Å². The fourth-order valence-electron chi connectivity index (χ4n) is 1.29. The predicted octanol–water partition coefficient (Wildman–Crippen LogP) is 1.17. The maximum absolute atomic E-state index is 11.2. The second-order valence-corrected chi connectivity index (χ2v) is 3.54. The van der Waals surface area contributed by atoms with Gasteiger partial charge in [0.15, 0.2) is 0 Å². The third kappa shape index (κ3) is 2.63. The summed E-state index contributed by atoms with van der Waals surface area (Å²) in [5, 5.41) is 27.6. The van der Waals surface area contributed by atoms with Crippen molar-refractivity contribution in [2.24, 2.45) is 15.2 Å². The molecule has 0 saturated carbocycles. The van der Waals surface area contributed by atoms with Crippen LogP contribution in [0, 0.1) is 0 Å². The fraction of sp³-hybridized carbons (Fsp3) is 0. The summed E-state index contributed by atoms with van der Waals surface area (Å²) in [7, 11) is 0. The Morgan fingerprint density at radius 3 is 2.74 bits per heavy atom. The van der Waals surface area contributed by atoms with E-state index in [9.17, 15) is 14.7 Å². The normalized spacial score (nSPS) is 16.5. The van der Waals surface area contributed by atoms with Crippen LogP contribution in [0.1, 0.15) is 10.4 Å². The van der Waals surface area contributed by atoms with Crippen molar-refractivity contribution in [2.45, 2.75) is 0 Å². The summed E-state index contributed by atoms with van der Waals surface area (Å²) in [4.78, 5) is 26.0. The molecule has 0 aliphatic carbocycles. The number of carbonyl (C=O) groups is 2. The SMILES string of the molecule is C=C1N=NC(=Nc2ccc(O)c(C(=O)O)c2)NC1=O. The second kappa shape index (κ2) is 4.69. The molecule has 0 fully saturated rings. The molecule has 0 spiro atoms. The van der Waals surface area contributed by atoms with Crippen LogP contribution >= 0.6 is 0 Å². The Morgan fingerprint density at radius 1 is 1.37 bits per heavy atom. The van der Waals surface area contributed by atoms with Gasteiger partial charge in [0, 0.05) is 0 Å². The van der Waals surface area contributed by atoms with Gasteiger partial charge in [-0.2, -0.15) is 0 Å². The van der Waals surface area contributed by atoms with Crippen molar-refractivity contribution in [1.82, 2.24) is 5.32 Å². The summed E-state index contributed by atoms with van der Waals surface area (Å²) in [6.07, 6.45) is 0. The molecule has 1 aliphatic heterocycles. The number of carbonyl (C=O) groups excluding carboxylic acids is 1. The second-order valence-electron chi connectivity index (χ2n) is 3.54. The van der Waals surface area contributed by atoms with Crippen molar-refractivity contribution < 1.29 is 19.8 Å². The number of amides is 1. The molecule has 2 rings (SSSR count). The molecule has 0 bridgehead atoms. The summed E-state index contributed by atoms with van der Waals surface area (Å²) in [5.74, 6) is -2.29. The number of nitrogens with one attached hydrogen (secondary N) is 1. The standard InChI is InChI=1S/C11H8N4O4/c1-5-9(17)13-11(15-14-5)12-6-2-3-8(16)7(4-6)10(18)19/h2-4,16H,1H2,(H,18,19)(H,12,13,17). The van der Waals surface area contributed by atoms with Crippen molar-refractivity contribution in [3.8, 4) is 5.75 Å². The number of hydrogen-bond donors (Lipinski definition) is 3. The number of guanidine groups is 1. The maximum atomic E-state index is 11.2. The summed E-state index contributed by atoms with van der Waals surface area (Å²) >= 11 is 0. The smallest absolute Gasteiger partial charge is 0.339 e. The minimum atomic E-state index is -1.29. The number of azo groups is 1. The van der Waals surface area contributed by atoms with Gasteiger partial charge in [-0.05, 0) is 18.2 Å². The molecular weight excluding hydrogens is 252 g/mol. The van der Waals surface area contributed by atoms with Crippen molar-refractivity contribution >= 4 is 23.5 Å². The number of carboxylic acids is 1. The Labute approximate surface area is 106 Å². The van der Waals surface area contributed by atoms with Crippen LogP contribution in [0.4, 0.5) is 5.69 Å². The van der Waals surface area contributed by atoms with Crippen molar-refractivity contribution in [3.63, 3.8) is 0 Å². The molecule has 1 aromatic rings.